The molecule has 0 aromatic carbocycles. The molecule has 1 heterocycles. The Morgan fingerprint density at radius 2 is 2.12 bits per heavy atom. The summed E-state index contributed by atoms with van der Waals surface area (Å²) in [5.74, 6) is 0. The highest BCUT2D eigenvalue weighted by atomic mass is 32.2. The number of rotatable bonds is 2. The van der Waals surface area contributed by atoms with Crippen LogP contribution in [0.5, 0.6) is 0 Å². The smallest absolute Gasteiger partial charge is 0.249 e. The first-order valence-corrected chi connectivity index (χ1v) is 5.54. The van der Waals surface area contributed by atoms with Crippen LogP contribution in [0.2, 0.25) is 0 Å². The number of hydrogen-bond donors (Lipinski definition) is 1. The van der Waals surface area contributed by atoms with E-state index in [0.29, 0.717) is 0 Å². The molecular formula is C8H7F2N3O2S. The molecule has 16 heavy (non-hydrogen) atoms. The summed E-state index contributed by atoms with van der Waals surface area (Å²) < 4.78 is 47.1. The highest BCUT2D eigenvalue weighted by Gasteiger charge is 2.24. The monoisotopic (exact) mass is 247 g/mol. The van der Waals surface area contributed by atoms with Gasteiger partial charge in [-0.05, 0) is 13.0 Å². The number of pyridine rings is 1. The number of halogens is 2. The van der Waals surface area contributed by atoms with Gasteiger partial charge in [0.1, 0.15) is 16.7 Å². The summed E-state index contributed by atoms with van der Waals surface area (Å²) in [6.07, 6.45) is -3.07. The van der Waals surface area contributed by atoms with Crippen molar-refractivity contribution in [3.8, 4) is 6.07 Å². The number of alkyl halides is 2. The van der Waals surface area contributed by atoms with Crippen LogP contribution < -0.4 is 5.14 Å². The Hall–Kier alpha value is -1.59. The predicted octanol–water partition coefficient (Wildman–Crippen LogP) is 0.847. The first kappa shape index (κ1) is 12.5. The van der Waals surface area contributed by atoms with Crippen LogP contribution in [-0.2, 0) is 10.0 Å². The van der Waals surface area contributed by atoms with Gasteiger partial charge in [-0.3, -0.25) is 0 Å². The van der Waals surface area contributed by atoms with Crippen molar-refractivity contribution in [3.05, 3.63) is 23.0 Å². The maximum Gasteiger partial charge on any atom is 0.281 e. The molecule has 1 rings (SSSR count). The van der Waals surface area contributed by atoms with E-state index in [9.17, 15) is 17.2 Å². The zero-order chi connectivity index (χ0) is 12.5. The molecule has 0 saturated heterocycles. The Morgan fingerprint density at radius 1 is 1.56 bits per heavy atom. The number of nitrogens with zero attached hydrogens (tertiary/aromatic N) is 2. The predicted molar refractivity (Wildman–Crippen MR) is 50.0 cm³/mol. The van der Waals surface area contributed by atoms with Crippen LogP contribution in [0.25, 0.3) is 0 Å². The molecule has 8 heteroatoms. The Bertz CT molecular complexity index is 563. The third kappa shape index (κ3) is 2.32. The lowest BCUT2D eigenvalue weighted by Gasteiger charge is -2.08. The molecule has 0 aliphatic carbocycles. The highest BCUT2D eigenvalue weighted by molar-refractivity contribution is 7.89. The van der Waals surface area contributed by atoms with E-state index >= 15 is 0 Å². The fourth-order valence-electron chi connectivity index (χ4n) is 1.10. The van der Waals surface area contributed by atoms with Crippen LogP contribution in [0.4, 0.5) is 8.78 Å². The molecule has 1 aromatic rings. The molecule has 0 spiro atoms. The number of aryl methyl sites for hydroxylation is 1. The van der Waals surface area contributed by atoms with Gasteiger partial charge in [-0.1, -0.05) is 0 Å². The Morgan fingerprint density at radius 3 is 2.50 bits per heavy atom. The number of sulfonamides is 1. The second-order valence-electron chi connectivity index (χ2n) is 2.96. The standard InChI is InChI=1S/C8H7F2N3O2S/c1-4-5(3-11)2-6(16(12,14)15)7(13-4)8(9)10/h2,8H,1H3,(H2,12,14,15). The first-order chi connectivity index (χ1) is 7.27. The quantitative estimate of drug-likeness (QED) is 0.837. The third-order valence-electron chi connectivity index (χ3n) is 1.84. The molecule has 0 aliphatic heterocycles. The fraction of sp³-hybridized carbons (Fsp3) is 0.250. The minimum atomic E-state index is -4.32. The van der Waals surface area contributed by atoms with E-state index in [0.717, 1.165) is 6.07 Å². The van der Waals surface area contributed by atoms with E-state index in [1.807, 2.05) is 0 Å². The van der Waals surface area contributed by atoms with E-state index in [4.69, 9.17) is 10.4 Å². The minimum absolute atomic E-state index is 0.0326. The van der Waals surface area contributed by atoms with Crippen molar-refractivity contribution < 1.29 is 17.2 Å². The third-order valence-corrected chi connectivity index (χ3v) is 2.78. The number of nitriles is 1. The normalized spacial score (nSPS) is 11.5. The Kier molecular flexibility index (Phi) is 3.21. The van der Waals surface area contributed by atoms with Gasteiger partial charge in [-0.15, -0.1) is 0 Å². The number of primary sulfonamides is 1. The van der Waals surface area contributed by atoms with E-state index in [1.165, 1.54) is 6.92 Å². The SMILES string of the molecule is Cc1nc(C(F)F)c(S(N)(=O)=O)cc1C#N. The lowest BCUT2D eigenvalue weighted by molar-refractivity contribution is 0.142. The lowest BCUT2D eigenvalue weighted by atomic mass is 10.2. The van der Waals surface area contributed by atoms with Crippen molar-refractivity contribution in [2.45, 2.75) is 18.2 Å². The molecule has 0 amide bonds. The molecule has 0 saturated carbocycles. The molecule has 1 aromatic heterocycles. The van der Waals surface area contributed by atoms with Gasteiger partial charge < -0.3 is 0 Å². The number of nitrogens with two attached hydrogens (primary N) is 1. The van der Waals surface area contributed by atoms with Gasteiger partial charge in [-0.2, -0.15) is 5.26 Å². The summed E-state index contributed by atoms with van der Waals surface area (Å²) in [5, 5.41) is 13.4. The largest absolute Gasteiger partial charge is 0.281 e. The summed E-state index contributed by atoms with van der Waals surface area (Å²) >= 11 is 0. The van der Waals surface area contributed by atoms with Crippen LogP contribution >= 0.6 is 0 Å². The van der Waals surface area contributed by atoms with Crippen molar-refractivity contribution in [2.75, 3.05) is 0 Å². The summed E-state index contributed by atoms with van der Waals surface area (Å²) in [5.41, 5.74) is -1.00. The zero-order valence-electron chi connectivity index (χ0n) is 8.11. The average molecular weight is 247 g/mol. The topological polar surface area (TPSA) is 96.8 Å². The van der Waals surface area contributed by atoms with Crippen molar-refractivity contribution in [2.24, 2.45) is 5.14 Å². The van der Waals surface area contributed by atoms with Crippen LogP contribution in [0, 0.1) is 18.3 Å². The maximum absolute atomic E-state index is 12.5. The molecule has 0 unspecified atom stereocenters. The van der Waals surface area contributed by atoms with Gasteiger partial charge in [0.15, 0.2) is 0 Å². The van der Waals surface area contributed by atoms with E-state index in [1.54, 1.807) is 6.07 Å². The molecule has 86 valence electrons. The van der Waals surface area contributed by atoms with Crippen LogP contribution in [0.1, 0.15) is 23.4 Å². The van der Waals surface area contributed by atoms with Crippen molar-refractivity contribution >= 4 is 10.0 Å². The van der Waals surface area contributed by atoms with Crippen molar-refractivity contribution in [1.29, 1.82) is 5.26 Å². The molecule has 0 aliphatic rings. The van der Waals surface area contributed by atoms with Crippen LogP contribution in [0.3, 0.4) is 0 Å². The molecular weight excluding hydrogens is 240 g/mol. The maximum atomic E-state index is 12.5. The lowest BCUT2D eigenvalue weighted by Crippen LogP contribution is -2.17. The summed E-state index contributed by atoms with van der Waals surface area (Å²) in [6.45, 7) is 1.33. The fourth-order valence-corrected chi connectivity index (χ4v) is 1.81. The van der Waals surface area contributed by atoms with Gasteiger partial charge >= 0.3 is 0 Å². The van der Waals surface area contributed by atoms with E-state index < -0.39 is 27.0 Å². The van der Waals surface area contributed by atoms with Crippen LogP contribution in [0.15, 0.2) is 11.0 Å². The summed E-state index contributed by atoms with van der Waals surface area (Å²) in [6, 6.07) is 2.45. The van der Waals surface area contributed by atoms with E-state index in [2.05, 4.69) is 4.98 Å². The second-order valence-corrected chi connectivity index (χ2v) is 4.49. The minimum Gasteiger partial charge on any atom is -0.249 e. The van der Waals surface area contributed by atoms with E-state index in [-0.39, 0.29) is 11.3 Å². The van der Waals surface area contributed by atoms with Gasteiger partial charge in [0.05, 0.1) is 11.3 Å². The van der Waals surface area contributed by atoms with Crippen molar-refractivity contribution in [1.82, 2.24) is 4.98 Å². The first-order valence-electron chi connectivity index (χ1n) is 4.00. The number of hydrogen-bond acceptors (Lipinski definition) is 4. The summed E-state index contributed by atoms with van der Waals surface area (Å²) in [4.78, 5) is 2.56. The van der Waals surface area contributed by atoms with Gasteiger partial charge in [0.25, 0.3) is 6.43 Å². The van der Waals surface area contributed by atoms with Gasteiger partial charge in [0.2, 0.25) is 10.0 Å². The molecule has 0 fully saturated rings. The van der Waals surface area contributed by atoms with Crippen molar-refractivity contribution in [3.63, 3.8) is 0 Å². The molecule has 5 nitrogen and oxygen atoms in total. The molecule has 0 radical (unpaired) electrons. The highest BCUT2D eigenvalue weighted by Crippen LogP contribution is 2.25. The van der Waals surface area contributed by atoms with Gasteiger partial charge in [-0.25, -0.2) is 27.3 Å². The Labute approximate surface area is 90.6 Å². The average Bonchev–Trinajstić information content (AvgIpc) is 2.15. The molecule has 2 N–H and O–H groups in total. The Balaban J connectivity index is 3.64. The molecule has 0 atom stereocenters. The second kappa shape index (κ2) is 4.11. The number of aromatic nitrogens is 1. The van der Waals surface area contributed by atoms with Crippen LogP contribution in [-0.4, -0.2) is 13.4 Å². The zero-order valence-corrected chi connectivity index (χ0v) is 8.92. The summed E-state index contributed by atoms with van der Waals surface area (Å²) in [7, 11) is -4.32. The van der Waals surface area contributed by atoms with Gasteiger partial charge in [0, 0.05) is 0 Å². The molecule has 0 bridgehead atoms.